The lowest BCUT2D eigenvalue weighted by Gasteiger charge is -2.42. The Balaban J connectivity index is 1.82. The van der Waals surface area contributed by atoms with Crippen molar-refractivity contribution < 1.29 is 17.9 Å². The van der Waals surface area contributed by atoms with Crippen molar-refractivity contribution in [2.24, 2.45) is 5.92 Å². The highest BCUT2D eigenvalue weighted by molar-refractivity contribution is 7.89. The van der Waals surface area contributed by atoms with Crippen LogP contribution in [0.25, 0.3) is 10.9 Å². The molecule has 2 aromatic rings. The first-order chi connectivity index (χ1) is 12.5. The molecule has 0 unspecified atom stereocenters. The van der Waals surface area contributed by atoms with E-state index in [1.54, 1.807) is 35.7 Å². The molecular weight excluding hydrogens is 352 g/mol. The van der Waals surface area contributed by atoms with Crippen molar-refractivity contribution >= 4 is 26.7 Å². The molecule has 2 fully saturated rings. The Morgan fingerprint density at radius 2 is 2.00 bits per heavy atom. The summed E-state index contributed by atoms with van der Waals surface area (Å²) >= 11 is 0. The van der Waals surface area contributed by atoms with Gasteiger partial charge in [0.05, 0.1) is 12.0 Å². The third-order valence-corrected chi connectivity index (χ3v) is 7.57. The second kappa shape index (κ2) is 6.63. The molecule has 1 aromatic carbocycles. The van der Waals surface area contributed by atoms with Crippen LogP contribution < -0.4 is 4.74 Å². The van der Waals surface area contributed by atoms with E-state index in [4.69, 9.17) is 4.74 Å². The van der Waals surface area contributed by atoms with Crippen molar-refractivity contribution in [2.75, 3.05) is 13.7 Å². The summed E-state index contributed by atoms with van der Waals surface area (Å²) in [5.74, 6) is 0.598. The van der Waals surface area contributed by atoms with Crippen molar-refractivity contribution in [1.29, 1.82) is 0 Å². The van der Waals surface area contributed by atoms with Gasteiger partial charge in [-0.3, -0.25) is 9.78 Å². The first-order valence-electron chi connectivity index (χ1n) is 9.00. The molecule has 1 saturated heterocycles. The van der Waals surface area contributed by atoms with E-state index in [1.807, 2.05) is 0 Å². The summed E-state index contributed by atoms with van der Waals surface area (Å²) in [6.45, 7) is 0.260. The van der Waals surface area contributed by atoms with Gasteiger partial charge >= 0.3 is 0 Å². The first kappa shape index (κ1) is 17.4. The van der Waals surface area contributed by atoms with Crippen LogP contribution in [0.3, 0.4) is 0 Å². The zero-order chi connectivity index (χ0) is 18.3. The summed E-state index contributed by atoms with van der Waals surface area (Å²) in [4.78, 5) is 16.8. The van der Waals surface area contributed by atoms with Crippen LogP contribution in [-0.2, 0) is 14.8 Å². The third-order valence-electron chi connectivity index (χ3n) is 5.59. The lowest BCUT2D eigenvalue weighted by Crippen LogP contribution is -2.53. The number of para-hydroxylation sites is 1. The van der Waals surface area contributed by atoms with Crippen LogP contribution in [0.2, 0.25) is 0 Å². The summed E-state index contributed by atoms with van der Waals surface area (Å²) in [5, 5.41) is 0.552. The van der Waals surface area contributed by atoms with Gasteiger partial charge in [0.2, 0.25) is 10.0 Å². The lowest BCUT2D eigenvalue weighted by molar-refractivity contribution is -0.128. The number of hydrogen-bond acceptors (Lipinski definition) is 5. The molecule has 1 aromatic heterocycles. The lowest BCUT2D eigenvalue weighted by atomic mass is 9.79. The number of ketones is 1. The fourth-order valence-electron chi connectivity index (χ4n) is 4.34. The number of piperidine rings is 1. The minimum Gasteiger partial charge on any atom is -0.494 e. The highest BCUT2D eigenvalue weighted by Crippen LogP contribution is 2.38. The van der Waals surface area contributed by atoms with Gasteiger partial charge in [0.15, 0.2) is 0 Å². The van der Waals surface area contributed by atoms with Crippen LogP contribution in [0.5, 0.6) is 5.75 Å². The van der Waals surface area contributed by atoms with Crippen molar-refractivity contribution in [3.63, 3.8) is 0 Å². The van der Waals surface area contributed by atoms with Crippen LogP contribution in [0, 0.1) is 5.92 Å². The van der Waals surface area contributed by atoms with Gasteiger partial charge in [-0.15, -0.1) is 0 Å². The molecule has 0 amide bonds. The van der Waals surface area contributed by atoms with Gasteiger partial charge < -0.3 is 4.74 Å². The molecule has 2 aliphatic rings. The van der Waals surface area contributed by atoms with E-state index in [-0.39, 0.29) is 29.2 Å². The average molecular weight is 374 g/mol. The molecule has 2 atom stereocenters. The number of hydrogen-bond donors (Lipinski definition) is 0. The Morgan fingerprint density at radius 1 is 1.19 bits per heavy atom. The molecule has 138 valence electrons. The molecule has 0 spiro atoms. The second-order valence-electron chi connectivity index (χ2n) is 6.96. The molecule has 26 heavy (non-hydrogen) atoms. The molecule has 0 bridgehead atoms. The van der Waals surface area contributed by atoms with E-state index in [2.05, 4.69) is 4.98 Å². The SMILES string of the molecule is COc1cccc2c(S(=O)(=O)N3CCC(=O)[C@@H]4CCCC[C@@H]43)ccnc12. The summed E-state index contributed by atoms with van der Waals surface area (Å²) < 4.78 is 33.9. The Hall–Kier alpha value is -1.99. The average Bonchev–Trinajstić information content (AvgIpc) is 2.67. The molecule has 7 heteroatoms. The summed E-state index contributed by atoms with van der Waals surface area (Å²) in [6.07, 6.45) is 5.31. The number of sulfonamides is 1. The van der Waals surface area contributed by atoms with Gasteiger partial charge in [-0.1, -0.05) is 25.0 Å². The van der Waals surface area contributed by atoms with Crippen molar-refractivity contribution in [3.8, 4) is 5.75 Å². The normalized spacial score (nSPS) is 24.4. The van der Waals surface area contributed by atoms with Gasteiger partial charge in [-0.05, 0) is 25.0 Å². The van der Waals surface area contributed by atoms with E-state index in [1.165, 1.54) is 6.20 Å². The zero-order valence-corrected chi connectivity index (χ0v) is 15.5. The van der Waals surface area contributed by atoms with E-state index in [0.29, 0.717) is 23.1 Å². The minimum absolute atomic E-state index is 0.157. The maximum Gasteiger partial charge on any atom is 0.244 e. The fraction of sp³-hybridized carbons (Fsp3) is 0.474. The molecule has 1 aliphatic carbocycles. The van der Waals surface area contributed by atoms with Crippen molar-refractivity contribution in [2.45, 2.75) is 43.0 Å². The molecule has 1 saturated carbocycles. The van der Waals surface area contributed by atoms with Crippen LogP contribution in [0.1, 0.15) is 32.1 Å². The van der Waals surface area contributed by atoms with Crippen LogP contribution >= 0.6 is 0 Å². The monoisotopic (exact) mass is 374 g/mol. The van der Waals surface area contributed by atoms with Crippen molar-refractivity contribution in [3.05, 3.63) is 30.5 Å². The highest BCUT2D eigenvalue weighted by Gasteiger charge is 2.44. The number of Topliss-reactive ketones (excluding diaryl/α,β-unsaturated/α-hetero) is 1. The van der Waals surface area contributed by atoms with E-state index >= 15 is 0 Å². The molecule has 6 nitrogen and oxygen atoms in total. The molecular formula is C19H22N2O4S. The zero-order valence-electron chi connectivity index (χ0n) is 14.7. The number of methoxy groups -OCH3 is 1. The predicted molar refractivity (Wildman–Crippen MR) is 97.6 cm³/mol. The summed E-state index contributed by atoms with van der Waals surface area (Å²) in [5.41, 5.74) is 0.532. The largest absolute Gasteiger partial charge is 0.494 e. The minimum atomic E-state index is -3.72. The van der Waals surface area contributed by atoms with Gasteiger partial charge in [0.1, 0.15) is 17.0 Å². The number of benzene rings is 1. The van der Waals surface area contributed by atoms with E-state index in [0.717, 1.165) is 25.7 Å². The maximum absolute atomic E-state index is 13.5. The Labute approximate surface area is 153 Å². The molecule has 0 N–H and O–H groups in total. The van der Waals surface area contributed by atoms with E-state index < -0.39 is 10.0 Å². The third kappa shape index (κ3) is 2.70. The Kier molecular flexibility index (Phi) is 4.44. The fourth-order valence-corrected chi connectivity index (χ4v) is 6.21. The highest BCUT2D eigenvalue weighted by atomic mass is 32.2. The summed E-state index contributed by atoms with van der Waals surface area (Å²) in [7, 11) is -2.18. The quantitative estimate of drug-likeness (QED) is 0.826. The number of carbonyl (C=O) groups is 1. The van der Waals surface area contributed by atoms with Crippen LogP contribution in [0.4, 0.5) is 0 Å². The van der Waals surface area contributed by atoms with Gasteiger partial charge in [-0.2, -0.15) is 4.31 Å². The number of pyridine rings is 1. The molecule has 1 aliphatic heterocycles. The number of fused-ring (bicyclic) bond motifs is 2. The number of ether oxygens (including phenoxy) is 1. The van der Waals surface area contributed by atoms with E-state index in [9.17, 15) is 13.2 Å². The first-order valence-corrected chi connectivity index (χ1v) is 10.4. The number of rotatable bonds is 3. The van der Waals surface area contributed by atoms with Gasteiger partial charge in [-0.25, -0.2) is 8.42 Å². The van der Waals surface area contributed by atoms with Crippen LogP contribution in [0.15, 0.2) is 35.4 Å². The number of carbonyl (C=O) groups excluding carboxylic acids is 1. The smallest absolute Gasteiger partial charge is 0.244 e. The van der Waals surface area contributed by atoms with Crippen molar-refractivity contribution in [1.82, 2.24) is 9.29 Å². The topological polar surface area (TPSA) is 76.6 Å². The number of aromatic nitrogens is 1. The summed E-state index contributed by atoms with van der Waals surface area (Å²) in [6, 6.07) is 6.62. The standard InChI is InChI=1S/C19H22N2O4S/c1-25-17-8-4-6-14-18(9-11-20-19(14)17)26(23,24)21-12-10-16(22)13-5-2-3-7-15(13)21/h4,6,8-9,11,13,15H,2-3,5,7,10,12H2,1H3/t13-,15+/m1/s1. The Morgan fingerprint density at radius 3 is 2.81 bits per heavy atom. The Bertz CT molecular complexity index is 957. The molecule has 4 rings (SSSR count). The molecule has 2 heterocycles. The predicted octanol–water partition coefficient (Wildman–Crippen LogP) is 2.77. The number of nitrogens with zero attached hydrogens (tertiary/aromatic N) is 2. The van der Waals surface area contributed by atoms with Gasteiger partial charge in [0.25, 0.3) is 0 Å². The second-order valence-corrected chi connectivity index (χ2v) is 8.81. The van der Waals surface area contributed by atoms with Crippen LogP contribution in [-0.4, -0.2) is 43.2 Å². The van der Waals surface area contributed by atoms with Gasteiger partial charge in [0, 0.05) is 36.5 Å². The maximum atomic E-state index is 13.5. The molecule has 0 radical (unpaired) electrons.